The lowest BCUT2D eigenvalue weighted by atomic mass is 10.1. The SMILES string of the molecule is Brc1cccc(C2N(c3ccccc3)C2(Br)Br)c1. The lowest BCUT2D eigenvalue weighted by Crippen LogP contribution is -1.99. The zero-order valence-corrected chi connectivity index (χ0v) is 14.1. The molecule has 0 radical (unpaired) electrons. The topological polar surface area (TPSA) is 3.01 Å². The summed E-state index contributed by atoms with van der Waals surface area (Å²) >= 11 is 11.0. The Morgan fingerprint density at radius 2 is 1.67 bits per heavy atom. The van der Waals surface area contributed by atoms with Crippen LogP contribution in [0.1, 0.15) is 11.6 Å². The minimum atomic E-state index is -0.178. The van der Waals surface area contributed by atoms with Crippen molar-refractivity contribution in [3.63, 3.8) is 0 Å². The van der Waals surface area contributed by atoms with Gasteiger partial charge in [0.2, 0.25) is 0 Å². The molecule has 3 rings (SSSR count). The summed E-state index contributed by atoms with van der Waals surface area (Å²) in [6.45, 7) is 0. The highest BCUT2D eigenvalue weighted by atomic mass is 79.9. The molecule has 1 unspecified atom stereocenters. The van der Waals surface area contributed by atoms with E-state index < -0.39 is 0 Å². The van der Waals surface area contributed by atoms with Gasteiger partial charge in [-0.2, -0.15) is 0 Å². The van der Waals surface area contributed by atoms with E-state index in [1.165, 1.54) is 11.3 Å². The van der Waals surface area contributed by atoms with Crippen molar-refractivity contribution in [1.29, 1.82) is 0 Å². The summed E-state index contributed by atoms with van der Waals surface area (Å²) in [5, 5.41) is 0. The molecule has 1 atom stereocenters. The summed E-state index contributed by atoms with van der Waals surface area (Å²) in [5.74, 6) is 0. The Hall–Kier alpha value is -0.320. The number of hydrogen-bond acceptors (Lipinski definition) is 1. The number of para-hydroxylation sites is 1. The van der Waals surface area contributed by atoms with Crippen molar-refractivity contribution >= 4 is 53.5 Å². The summed E-state index contributed by atoms with van der Waals surface area (Å²) in [7, 11) is 0. The Balaban J connectivity index is 1.96. The second-order valence-electron chi connectivity index (χ2n) is 4.25. The zero-order chi connectivity index (χ0) is 12.8. The van der Waals surface area contributed by atoms with Gasteiger partial charge in [0.1, 0.15) is 6.04 Å². The van der Waals surface area contributed by atoms with Crippen molar-refractivity contribution in [3.8, 4) is 0 Å². The maximum Gasteiger partial charge on any atom is 0.176 e. The van der Waals surface area contributed by atoms with Crippen LogP contribution in [-0.2, 0) is 0 Å². The molecular formula is C14H10Br3N. The molecule has 4 heteroatoms. The van der Waals surface area contributed by atoms with E-state index in [9.17, 15) is 0 Å². The standard InChI is InChI=1S/C14H10Br3N/c15-11-6-4-5-10(9-11)13-14(16,17)18(13)12-7-2-1-3-8-12/h1-9,13H. The smallest absolute Gasteiger partial charge is 0.176 e. The average Bonchev–Trinajstić information content (AvgIpc) is 2.93. The zero-order valence-electron chi connectivity index (χ0n) is 9.35. The van der Waals surface area contributed by atoms with E-state index in [1.54, 1.807) is 0 Å². The monoisotopic (exact) mass is 429 g/mol. The van der Waals surface area contributed by atoms with Crippen molar-refractivity contribution in [2.45, 2.75) is 9.40 Å². The van der Waals surface area contributed by atoms with Crippen molar-refractivity contribution in [1.82, 2.24) is 0 Å². The highest BCUT2D eigenvalue weighted by Gasteiger charge is 2.60. The fourth-order valence-electron chi connectivity index (χ4n) is 2.18. The summed E-state index contributed by atoms with van der Waals surface area (Å²) in [6, 6.07) is 19.1. The Bertz CT molecular complexity index is 568. The number of benzene rings is 2. The first-order chi connectivity index (χ1) is 8.60. The number of anilines is 1. The predicted octanol–water partition coefficient (Wildman–Crippen LogP) is 5.45. The fourth-order valence-corrected chi connectivity index (χ4v) is 4.15. The van der Waals surface area contributed by atoms with Gasteiger partial charge in [-0.15, -0.1) is 0 Å². The van der Waals surface area contributed by atoms with Crippen molar-refractivity contribution in [3.05, 3.63) is 64.6 Å². The number of halogens is 3. The number of nitrogens with zero attached hydrogens (tertiary/aromatic N) is 1. The first-order valence-corrected chi connectivity index (χ1v) is 7.96. The Kier molecular flexibility index (Phi) is 3.28. The van der Waals surface area contributed by atoms with Crippen LogP contribution < -0.4 is 4.90 Å². The van der Waals surface area contributed by atoms with Crippen LogP contribution in [0.4, 0.5) is 5.69 Å². The summed E-state index contributed by atoms with van der Waals surface area (Å²) < 4.78 is 0.929. The molecular weight excluding hydrogens is 422 g/mol. The molecule has 1 fully saturated rings. The largest absolute Gasteiger partial charge is 0.334 e. The maximum absolute atomic E-state index is 3.74. The van der Waals surface area contributed by atoms with Gasteiger partial charge in [-0.3, -0.25) is 0 Å². The van der Waals surface area contributed by atoms with Crippen molar-refractivity contribution in [2.24, 2.45) is 0 Å². The minimum absolute atomic E-state index is 0.178. The molecule has 0 saturated carbocycles. The normalized spacial score (nSPS) is 20.8. The minimum Gasteiger partial charge on any atom is -0.334 e. The van der Waals surface area contributed by atoms with E-state index in [2.05, 4.69) is 95.2 Å². The molecule has 0 aromatic heterocycles. The van der Waals surface area contributed by atoms with Crippen LogP contribution in [-0.4, -0.2) is 3.36 Å². The molecule has 1 nitrogen and oxygen atoms in total. The Labute approximate surface area is 132 Å². The molecule has 0 spiro atoms. The van der Waals surface area contributed by atoms with Gasteiger partial charge in [0.05, 0.1) is 0 Å². The number of hydrogen-bond donors (Lipinski definition) is 0. The van der Waals surface area contributed by atoms with Gasteiger partial charge in [0.15, 0.2) is 3.36 Å². The second kappa shape index (κ2) is 4.66. The average molecular weight is 432 g/mol. The lowest BCUT2D eigenvalue weighted by Gasteiger charge is -2.05. The van der Waals surface area contributed by atoms with Crippen LogP contribution in [0.5, 0.6) is 0 Å². The second-order valence-corrected chi connectivity index (χ2v) is 8.65. The van der Waals surface area contributed by atoms with Crippen LogP contribution in [0.25, 0.3) is 0 Å². The highest BCUT2D eigenvalue weighted by Crippen LogP contribution is 2.63. The molecule has 0 N–H and O–H groups in total. The molecule has 2 aromatic rings. The third-order valence-electron chi connectivity index (χ3n) is 3.04. The molecule has 92 valence electrons. The molecule has 0 amide bonds. The van der Waals surface area contributed by atoms with Crippen LogP contribution in [0.2, 0.25) is 0 Å². The predicted molar refractivity (Wildman–Crippen MR) is 86.4 cm³/mol. The van der Waals surface area contributed by atoms with Crippen molar-refractivity contribution in [2.75, 3.05) is 4.90 Å². The quantitative estimate of drug-likeness (QED) is 0.347. The first kappa shape index (κ1) is 12.7. The summed E-state index contributed by atoms with van der Waals surface area (Å²) in [6.07, 6.45) is 0. The lowest BCUT2D eigenvalue weighted by molar-refractivity contribution is 1.11. The molecule has 0 bridgehead atoms. The first-order valence-electron chi connectivity index (χ1n) is 5.58. The molecule has 1 saturated heterocycles. The summed E-state index contributed by atoms with van der Waals surface area (Å²) in [4.78, 5) is 2.30. The fraction of sp³-hybridized carbons (Fsp3) is 0.143. The third-order valence-corrected chi connectivity index (χ3v) is 5.16. The molecule has 2 aromatic carbocycles. The van der Waals surface area contributed by atoms with Crippen LogP contribution in [0.15, 0.2) is 59.1 Å². The van der Waals surface area contributed by atoms with Crippen LogP contribution in [0, 0.1) is 0 Å². The van der Waals surface area contributed by atoms with Crippen LogP contribution in [0.3, 0.4) is 0 Å². The highest BCUT2D eigenvalue weighted by molar-refractivity contribution is 9.25. The third kappa shape index (κ3) is 2.15. The van der Waals surface area contributed by atoms with Gasteiger partial charge in [-0.05, 0) is 61.7 Å². The van der Waals surface area contributed by atoms with Gasteiger partial charge in [0.25, 0.3) is 0 Å². The van der Waals surface area contributed by atoms with Gasteiger partial charge in [-0.1, -0.05) is 46.3 Å². The molecule has 18 heavy (non-hydrogen) atoms. The molecule has 1 aliphatic heterocycles. The summed E-state index contributed by atoms with van der Waals surface area (Å²) in [5.41, 5.74) is 2.48. The van der Waals surface area contributed by atoms with Gasteiger partial charge in [-0.25, -0.2) is 0 Å². The van der Waals surface area contributed by atoms with E-state index in [0.29, 0.717) is 6.04 Å². The molecule has 1 aliphatic rings. The maximum atomic E-state index is 3.74. The number of alkyl halides is 2. The molecule has 1 heterocycles. The van der Waals surface area contributed by atoms with Gasteiger partial charge >= 0.3 is 0 Å². The van der Waals surface area contributed by atoms with Gasteiger partial charge in [0, 0.05) is 10.2 Å². The van der Waals surface area contributed by atoms with E-state index in [1.807, 2.05) is 12.1 Å². The van der Waals surface area contributed by atoms with E-state index in [0.717, 1.165) is 4.47 Å². The van der Waals surface area contributed by atoms with Crippen LogP contribution >= 0.6 is 47.8 Å². The number of rotatable bonds is 2. The Morgan fingerprint density at radius 3 is 2.33 bits per heavy atom. The van der Waals surface area contributed by atoms with E-state index >= 15 is 0 Å². The van der Waals surface area contributed by atoms with E-state index in [4.69, 9.17) is 0 Å². The van der Waals surface area contributed by atoms with Gasteiger partial charge < -0.3 is 4.90 Å². The molecule has 0 aliphatic carbocycles. The van der Waals surface area contributed by atoms with Crippen molar-refractivity contribution < 1.29 is 0 Å². The van der Waals surface area contributed by atoms with E-state index in [-0.39, 0.29) is 3.36 Å². The Morgan fingerprint density at radius 1 is 0.944 bits per heavy atom.